The van der Waals surface area contributed by atoms with E-state index >= 15 is 0 Å². The Labute approximate surface area is 135 Å². The van der Waals surface area contributed by atoms with Crippen molar-refractivity contribution in [1.82, 2.24) is 9.78 Å². The summed E-state index contributed by atoms with van der Waals surface area (Å²) in [5.74, 6) is 0. The largest absolute Gasteiger partial charge is 0.416 e. The molecule has 1 aliphatic heterocycles. The zero-order valence-electron chi connectivity index (χ0n) is 12.5. The molecule has 6 nitrogen and oxygen atoms in total. The summed E-state index contributed by atoms with van der Waals surface area (Å²) in [5, 5.41) is 15.0. The van der Waals surface area contributed by atoms with Crippen molar-refractivity contribution in [3.8, 4) is 11.1 Å². The van der Waals surface area contributed by atoms with Crippen molar-refractivity contribution in [2.24, 2.45) is 0 Å². The van der Waals surface area contributed by atoms with Crippen LogP contribution >= 0.6 is 0 Å². The fourth-order valence-electron chi connectivity index (χ4n) is 2.62. The Morgan fingerprint density at radius 3 is 2.67 bits per heavy atom. The SMILES string of the molecule is O=[N+]([O-])c1cc(-c2cnn(C3CCCCO3)c2)cc(C(F)(F)F)c1. The van der Waals surface area contributed by atoms with Gasteiger partial charge in [-0.15, -0.1) is 0 Å². The average molecular weight is 341 g/mol. The topological polar surface area (TPSA) is 70.2 Å². The molecule has 2 aromatic rings. The lowest BCUT2D eigenvalue weighted by Gasteiger charge is -2.22. The molecule has 0 radical (unpaired) electrons. The smallest absolute Gasteiger partial charge is 0.357 e. The minimum absolute atomic E-state index is 0.0959. The summed E-state index contributed by atoms with van der Waals surface area (Å²) in [6, 6.07) is 2.52. The van der Waals surface area contributed by atoms with Crippen molar-refractivity contribution in [2.45, 2.75) is 31.7 Å². The zero-order valence-corrected chi connectivity index (χ0v) is 12.5. The molecular formula is C15H14F3N3O3. The second kappa shape index (κ2) is 6.23. The molecule has 0 saturated carbocycles. The number of hydrogen-bond acceptors (Lipinski definition) is 4. The summed E-state index contributed by atoms with van der Waals surface area (Å²) in [5.41, 5.74) is -1.20. The number of alkyl halides is 3. The normalized spacial score (nSPS) is 18.5. The predicted molar refractivity (Wildman–Crippen MR) is 78.2 cm³/mol. The Hall–Kier alpha value is -2.42. The fraction of sp³-hybridized carbons (Fsp3) is 0.400. The van der Waals surface area contributed by atoms with Crippen molar-refractivity contribution in [1.29, 1.82) is 0 Å². The fourth-order valence-corrected chi connectivity index (χ4v) is 2.62. The van der Waals surface area contributed by atoms with E-state index in [4.69, 9.17) is 4.74 Å². The van der Waals surface area contributed by atoms with Crippen LogP contribution in [0.15, 0.2) is 30.6 Å². The number of halogens is 3. The Balaban J connectivity index is 1.98. The molecule has 1 fully saturated rings. The van der Waals surface area contributed by atoms with Gasteiger partial charge in [-0.25, -0.2) is 4.68 Å². The van der Waals surface area contributed by atoms with Gasteiger partial charge in [0.15, 0.2) is 0 Å². The van der Waals surface area contributed by atoms with Crippen LogP contribution in [0.4, 0.5) is 18.9 Å². The van der Waals surface area contributed by atoms with E-state index in [9.17, 15) is 23.3 Å². The van der Waals surface area contributed by atoms with Gasteiger partial charge in [-0.2, -0.15) is 18.3 Å². The van der Waals surface area contributed by atoms with E-state index in [1.807, 2.05) is 0 Å². The molecule has 0 bridgehead atoms. The van der Waals surface area contributed by atoms with Crippen molar-refractivity contribution >= 4 is 5.69 Å². The van der Waals surface area contributed by atoms with Crippen molar-refractivity contribution in [3.05, 3.63) is 46.3 Å². The number of ether oxygens (including phenoxy) is 1. The summed E-state index contributed by atoms with van der Waals surface area (Å²) in [4.78, 5) is 10.1. The monoisotopic (exact) mass is 341 g/mol. The van der Waals surface area contributed by atoms with Gasteiger partial charge in [-0.1, -0.05) is 0 Å². The lowest BCUT2D eigenvalue weighted by atomic mass is 10.0. The second-order valence-corrected chi connectivity index (χ2v) is 5.55. The van der Waals surface area contributed by atoms with Crippen LogP contribution < -0.4 is 0 Å². The molecule has 0 aliphatic carbocycles. The van der Waals surface area contributed by atoms with Crippen molar-refractivity contribution in [2.75, 3.05) is 6.61 Å². The Kier molecular flexibility index (Phi) is 4.27. The lowest BCUT2D eigenvalue weighted by molar-refractivity contribution is -0.385. The molecular weight excluding hydrogens is 327 g/mol. The molecule has 24 heavy (non-hydrogen) atoms. The third-order valence-electron chi connectivity index (χ3n) is 3.84. The molecule has 0 spiro atoms. The summed E-state index contributed by atoms with van der Waals surface area (Å²) < 4.78 is 46.0. The van der Waals surface area contributed by atoms with Gasteiger partial charge in [-0.05, 0) is 30.9 Å². The maximum Gasteiger partial charge on any atom is 0.416 e. The summed E-state index contributed by atoms with van der Waals surface area (Å²) >= 11 is 0. The van der Waals surface area contributed by atoms with E-state index in [2.05, 4.69) is 5.10 Å². The van der Waals surface area contributed by atoms with Crippen molar-refractivity contribution < 1.29 is 22.8 Å². The number of nitrogens with zero attached hydrogens (tertiary/aromatic N) is 3. The van der Waals surface area contributed by atoms with Crippen LogP contribution in [-0.2, 0) is 10.9 Å². The molecule has 0 amide bonds. The van der Waals surface area contributed by atoms with Crippen LogP contribution in [0.2, 0.25) is 0 Å². The van der Waals surface area contributed by atoms with Crippen LogP contribution in [0.3, 0.4) is 0 Å². The quantitative estimate of drug-likeness (QED) is 0.620. The Morgan fingerprint density at radius 1 is 1.25 bits per heavy atom. The highest BCUT2D eigenvalue weighted by Gasteiger charge is 2.33. The van der Waals surface area contributed by atoms with Gasteiger partial charge < -0.3 is 4.74 Å². The first-order valence-corrected chi connectivity index (χ1v) is 7.37. The molecule has 1 aliphatic rings. The van der Waals surface area contributed by atoms with Gasteiger partial charge >= 0.3 is 6.18 Å². The molecule has 0 N–H and O–H groups in total. The standard InChI is InChI=1S/C15H14F3N3O3/c16-15(17,18)12-5-10(6-13(7-12)21(22)23)11-8-19-20(9-11)14-3-1-2-4-24-14/h5-9,14H,1-4H2. The average Bonchev–Trinajstić information content (AvgIpc) is 3.04. The number of nitro benzene ring substituents is 1. The maximum atomic E-state index is 13.0. The molecule has 1 aromatic carbocycles. The number of rotatable bonds is 3. The number of nitro groups is 1. The van der Waals surface area contributed by atoms with Gasteiger partial charge in [0.2, 0.25) is 0 Å². The highest BCUT2D eigenvalue weighted by Crippen LogP contribution is 2.35. The third kappa shape index (κ3) is 3.40. The van der Waals surface area contributed by atoms with Crippen LogP contribution in [-0.4, -0.2) is 21.3 Å². The highest BCUT2D eigenvalue weighted by molar-refractivity contribution is 5.66. The molecule has 1 atom stereocenters. The van der Waals surface area contributed by atoms with Crippen LogP contribution in [0.5, 0.6) is 0 Å². The van der Waals surface area contributed by atoms with Gasteiger partial charge in [0.05, 0.1) is 16.7 Å². The minimum Gasteiger partial charge on any atom is -0.357 e. The predicted octanol–water partition coefficient (Wildman–Crippen LogP) is 4.18. The Bertz CT molecular complexity index is 752. The Morgan fingerprint density at radius 2 is 2.04 bits per heavy atom. The van der Waals surface area contributed by atoms with E-state index < -0.39 is 22.4 Å². The summed E-state index contributed by atoms with van der Waals surface area (Å²) in [7, 11) is 0. The number of benzene rings is 1. The van der Waals surface area contributed by atoms with Crippen LogP contribution in [0.1, 0.15) is 31.1 Å². The van der Waals surface area contributed by atoms with E-state index in [0.29, 0.717) is 18.2 Å². The van der Waals surface area contributed by atoms with Gasteiger partial charge in [0.25, 0.3) is 5.69 Å². The van der Waals surface area contributed by atoms with E-state index in [0.717, 1.165) is 31.4 Å². The molecule has 1 saturated heterocycles. The molecule has 2 heterocycles. The number of aromatic nitrogens is 2. The number of non-ortho nitro benzene ring substituents is 1. The minimum atomic E-state index is -4.66. The molecule has 1 unspecified atom stereocenters. The van der Waals surface area contributed by atoms with Gasteiger partial charge in [0.1, 0.15) is 6.23 Å². The van der Waals surface area contributed by atoms with E-state index in [1.54, 1.807) is 10.9 Å². The highest BCUT2D eigenvalue weighted by atomic mass is 19.4. The van der Waals surface area contributed by atoms with Gasteiger partial charge in [-0.3, -0.25) is 10.1 Å². The lowest BCUT2D eigenvalue weighted by Crippen LogP contribution is -2.18. The molecule has 3 rings (SSSR count). The zero-order chi connectivity index (χ0) is 17.3. The third-order valence-corrected chi connectivity index (χ3v) is 3.84. The first-order valence-electron chi connectivity index (χ1n) is 7.37. The van der Waals surface area contributed by atoms with E-state index in [1.165, 1.54) is 6.20 Å². The van der Waals surface area contributed by atoms with Crippen molar-refractivity contribution in [3.63, 3.8) is 0 Å². The molecule has 128 valence electrons. The number of hydrogen-bond donors (Lipinski definition) is 0. The second-order valence-electron chi connectivity index (χ2n) is 5.55. The van der Waals surface area contributed by atoms with Crippen LogP contribution in [0.25, 0.3) is 11.1 Å². The van der Waals surface area contributed by atoms with Gasteiger partial charge in [0, 0.05) is 30.5 Å². The first kappa shape index (κ1) is 16.4. The molecule has 9 heteroatoms. The van der Waals surface area contributed by atoms with E-state index in [-0.39, 0.29) is 11.8 Å². The van der Waals surface area contributed by atoms with Crippen LogP contribution in [0, 0.1) is 10.1 Å². The maximum absolute atomic E-state index is 13.0. The first-order chi connectivity index (χ1) is 11.3. The summed E-state index contributed by atoms with van der Waals surface area (Å²) in [6.07, 6.45) is 0.729. The summed E-state index contributed by atoms with van der Waals surface area (Å²) in [6.45, 7) is 0.606. The molecule has 1 aromatic heterocycles.